The zero-order valence-electron chi connectivity index (χ0n) is 58.5. The summed E-state index contributed by atoms with van der Waals surface area (Å²) in [6.45, 7) is -2.02. The monoisotopic (exact) mass is 1480 g/mol. The van der Waals surface area contributed by atoms with Crippen molar-refractivity contribution in [3.8, 4) is 0 Å². The second-order valence-electron chi connectivity index (χ2n) is 25.8. The van der Waals surface area contributed by atoms with E-state index in [1.807, 2.05) is 12.1 Å². The number of sulfonamides is 3. The van der Waals surface area contributed by atoms with E-state index in [2.05, 4.69) is 37.2 Å². The molecule has 102 heavy (non-hydrogen) atoms. The molecule has 0 aromatic heterocycles. The molecule has 29 nitrogen and oxygen atoms in total. The van der Waals surface area contributed by atoms with Gasteiger partial charge in [-0.2, -0.15) is 12.9 Å². The summed E-state index contributed by atoms with van der Waals surface area (Å²) in [6, 6.07) is 26.1. The van der Waals surface area contributed by atoms with E-state index in [1.54, 1.807) is 109 Å². The van der Waals surface area contributed by atoms with Crippen LogP contribution in [0.2, 0.25) is 0 Å². The fraction of sp³-hybridized carbons (Fsp3) is 0.543. The Hall–Kier alpha value is -7.63. The number of carbonyl (C=O) groups excluding carboxylic acids is 8. The summed E-state index contributed by atoms with van der Waals surface area (Å²) in [5.41, 5.74) is 31.8. The van der Waals surface area contributed by atoms with Crippen LogP contribution in [0, 0.1) is 0 Å². The van der Waals surface area contributed by atoms with E-state index in [0.717, 1.165) is 18.5 Å². The highest BCUT2D eigenvalue weighted by Crippen LogP contribution is 2.19. The molecule has 4 aromatic carbocycles. The van der Waals surface area contributed by atoms with Crippen molar-refractivity contribution in [2.24, 2.45) is 28.7 Å². The number of Topliss-reactive ketones (excluding diaryl/α,β-unsaturated/α-hetero) is 1. The number of unbranched alkanes of at least 4 members (excludes halogenated alkanes) is 3. The minimum Gasteiger partial charge on any atom is -0.356 e. The lowest BCUT2D eigenvalue weighted by atomic mass is 10.0. The molecule has 5 rings (SSSR count). The number of nitrogens with zero attached hydrogens (tertiary/aromatic N) is 3. The fourth-order valence-corrected chi connectivity index (χ4v) is 16.0. The van der Waals surface area contributed by atoms with Crippen LogP contribution in [0.3, 0.4) is 0 Å². The van der Waals surface area contributed by atoms with Crippen LogP contribution >= 0.6 is 0 Å². The van der Waals surface area contributed by atoms with Gasteiger partial charge in [0.1, 0.15) is 12.1 Å². The molecule has 1 fully saturated rings. The van der Waals surface area contributed by atoms with E-state index in [0.29, 0.717) is 81.0 Å². The maximum Gasteiger partial charge on any atom is 0.242 e. The Morgan fingerprint density at radius 3 is 1.63 bits per heavy atom. The lowest BCUT2D eigenvalue weighted by Crippen LogP contribution is -2.57. The molecule has 1 heterocycles. The molecule has 7 atom stereocenters. The maximum atomic E-state index is 15.0. The molecule has 1 aliphatic rings. The van der Waals surface area contributed by atoms with Gasteiger partial charge in [-0.15, -0.1) is 0 Å². The van der Waals surface area contributed by atoms with E-state index >= 15 is 0 Å². The quantitative estimate of drug-likeness (QED) is 0.0261. The van der Waals surface area contributed by atoms with Crippen LogP contribution in [-0.2, 0) is 92.8 Å². The number of amides is 7. The van der Waals surface area contributed by atoms with Crippen molar-refractivity contribution in [2.75, 3.05) is 77.7 Å². The van der Waals surface area contributed by atoms with Crippen LogP contribution in [0.1, 0.15) is 119 Å². The number of rotatable bonds is 40. The third-order valence-corrected chi connectivity index (χ3v) is 22.5. The summed E-state index contributed by atoms with van der Waals surface area (Å²) in [4.78, 5) is 113. The molecule has 1 aliphatic heterocycles. The van der Waals surface area contributed by atoms with Crippen molar-refractivity contribution >= 4 is 77.2 Å². The Kier molecular flexibility index (Phi) is 37.3. The number of nitrogens with two attached hydrogens (primary N) is 5. The number of nitrogens with one attached hydrogen (secondary N) is 7. The van der Waals surface area contributed by atoms with Crippen molar-refractivity contribution in [3.63, 3.8) is 0 Å². The highest BCUT2D eigenvalue weighted by atomic mass is 32.2. The van der Waals surface area contributed by atoms with Gasteiger partial charge in [0.05, 0.1) is 49.0 Å². The first-order valence-corrected chi connectivity index (χ1v) is 39.8. The zero-order valence-corrected chi connectivity index (χ0v) is 60.9. The van der Waals surface area contributed by atoms with Crippen LogP contribution in [0.5, 0.6) is 0 Å². The third-order valence-electron chi connectivity index (χ3n) is 17.2. The Morgan fingerprint density at radius 1 is 0.569 bits per heavy atom. The Morgan fingerprint density at radius 2 is 1.08 bits per heavy atom. The Balaban J connectivity index is 1.50. The number of hydrogen-bond donors (Lipinski definition) is 12. The SMILES string of the molecule is CC(=O)[C@@H]1CCCCNC(=O)CC[C@H](NC(=O)CN(C[C@H](CCCCN)NC(=O)[C@H](CCCCN)NC(=O)CN(C[C@H](Cc2ccccc2)NC(=O)[C@@H](N)CCCCN)S(=O)(=O)Cc2ccccc2)S(=O)(=O)Cc2ccccc2)C(=O)N[C@@H](Cc2ccccc2)CN(S(=O)(=O)CCN)CC(=O)N1. The Bertz CT molecular complexity index is 3610. The second-order valence-corrected chi connectivity index (χ2v) is 31.8. The van der Waals surface area contributed by atoms with Gasteiger partial charge >= 0.3 is 0 Å². The highest BCUT2D eigenvalue weighted by molar-refractivity contribution is 7.89. The number of carbonyl (C=O) groups is 8. The highest BCUT2D eigenvalue weighted by Gasteiger charge is 2.36. The van der Waals surface area contributed by atoms with Gasteiger partial charge in [-0.05, 0) is 132 Å². The molecule has 0 bridgehead atoms. The van der Waals surface area contributed by atoms with Crippen LogP contribution < -0.4 is 65.9 Å². The minimum absolute atomic E-state index is 0.0136. The van der Waals surface area contributed by atoms with Gasteiger partial charge in [-0.1, -0.05) is 134 Å². The lowest BCUT2D eigenvalue weighted by Gasteiger charge is -2.31. The van der Waals surface area contributed by atoms with Crippen LogP contribution in [0.25, 0.3) is 0 Å². The van der Waals surface area contributed by atoms with Crippen LogP contribution in [0.4, 0.5) is 0 Å². The van der Waals surface area contributed by atoms with Crippen LogP contribution in [-0.4, -0.2) is 205 Å². The summed E-state index contributed by atoms with van der Waals surface area (Å²) in [7, 11) is -13.3. The van der Waals surface area contributed by atoms with Gasteiger partial charge in [0.2, 0.25) is 71.4 Å². The first kappa shape index (κ1) is 85.0. The fourth-order valence-electron chi connectivity index (χ4n) is 11.7. The van der Waals surface area contributed by atoms with E-state index in [9.17, 15) is 63.6 Å². The van der Waals surface area contributed by atoms with E-state index in [4.69, 9.17) is 28.7 Å². The molecular weight excluding hydrogens is 1370 g/mol. The molecule has 17 N–H and O–H groups in total. The molecule has 0 spiro atoms. The van der Waals surface area contributed by atoms with Crippen molar-refractivity contribution in [1.82, 2.24) is 50.1 Å². The van der Waals surface area contributed by atoms with Crippen molar-refractivity contribution in [2.45, 2.75) is 163 Å². The third kappa shape index (κ3) is 31.5. The largest absolute Gasteiger partial charge is 0.356 e. The van der Waals surface area contributed by atoms with Crippen molar-refractivity contribution < 1.29 is 63.6 Å². The summed E-state index contributed by atoms with van der Waals surface area (Å²) in [5.74, 6) is -7.55. The minimum atomic E-state index is -4.56. The standard InChI is InChI=1S/C70H107N15O14S3/c1-52(86)61-32-17-21-40-76-64(87)35-34-63(70(93)79-59(43-54-24-8-3-9-25-54)45-83(47-65(88)80-61)100(94,95)41-39-74)82-67(90)48-84(101(96,97)50-55-26-10-4-11-27-55)44-57(30-14-18-36-71)77-69(92)62(33-16-20-38-73)81-66(89)49-85(102(98,99)51-56-28-12-5-13-29-56)46-58(42-53-22-6-2-7-23-53)78-68(91)60(75)31-15-19-37-72/h2-13,22-29,57-63H,14-21,30-51,71-75H2,1H3,(H,76,87)(H,77,92)(H,78,91)(H,79,93)(H,80,88)(H,81,89)(H,82,90)/t57-,58-,59-,60-,61-,62-,63-/m0/s1. The molecule has 32 heteroatoms. The average Bonchev–Trinajstić information content (AvgIpc) is 0.837. The topological polar surface area (TPSA) is 463 Å². The molecule has 0 saturated carbocycles. The van der Waals surface area contributed by atoms with E-state index in [1.165, 1.54) is 6.92 Å². The Labute approximate surface area is 601 Å². The summed E-state index contributed by atoms with van der Waals surface area (Å²) in [6.07, 6.45) is 3.40. The molecular formula is C70H107N15O14S3. The first-order chi connectivity index (χ1) is 48.7. The van der Waals surface area contributed by atoms with Gasteiger partial charge in [0.25, 0.3) is 0 Å². The van der Waals surface area contributed by atoms with Gasteiger partial charge in [0.15, 0.2) is 5.78 Å². The number of hydrogen-bond acceptors (Lipinski definition) is 19. The normalized spacial score (nSPS) is 17.7. The zero-order chi connectivity index (χ0) is 74.5. The number of benzene rings is 4. The molecule has 7 amide bonds. The first-order valence-electron chi connectivity index (χ1n) is 35.0. The maximum absolute atomic E-state index is 15.0. The molecule has 0 unspecified atom stereocenters. The summed E-state index contributed by atoms with van der Waals surface area (Å²) < 4.78 is 89.8. The van der Waals surface area contributed by atoms with Crippen LogP contribution in [0.15, 0.2) is 121 Å². The lowest BCUT2D eigenvalue weighted by molar-refractivity contribution is -0.130. The van der Waals surface area contributed by atoms with E-state index in [-0.39, 0.29) is 76.9 Å². The number of ketones is 1. The van der Waals surface area contributed by atoms with Gasteiger partial charge in [0, 0.05) is 57.3 Å². The van der Waals surface area contributed by atoms with Gasteiger partial charge < -0.3 is 65.9 Å². The van der Waals surface area contributed by atoms with Gasteiger partial charge in [-0.25, -0.2) is 25.3 Å². The predicted octanol–water partition coefficient (Wildman–Crippen LogP) is 0.0187. The smallest absolute Gasteiger partial charge is 0.242 e. The van der Waals surface area contributed by atoms with Crippen molar-refractivity contribution in [1.29, 1.82) is 0 Å². The molecule has 564 valence electrons. The molecule has 0 radical (unpaired) electrons. The molecule has 0 aliphatic carbocycles. The average molecular weight is 1480 g/mol. The summed E-state index contributed by atoms with van der Waals surface area (Å²) >= 11 is 0. The predicted molar refractivity (Wildman–Crippen MR) is 391 cm³/mol. The molecule has 1 saturated heterocycles. The van der Waals surface area contributed by atoms with Crippen molar-refractivity contribution in [3.05, 3.63) is 144 Å². The van der Waals surface area contributed by atoms with Gasteiger partial charge in [-0.3, -0.25) is 38.4 Å². The molecule has 4 aromatic rings. The second kappa shape index (κ2) is 44.8. The summed E-state index contributed by atoms with van der Waals surface area (Å²) in [5, 5.41) is 19.5. The van der Waals surface area contributed by atoms with E-state index < -0.39 is 170 Å².